The summed E-state index contributed by atoms with van der Waals surface area (Å²) in [7, 11) is 0. The first-order chi connectivity index (χ1) is 11.2. The van der Waals surface area contributed by atoms with Crippen molar-refractivity contribution in [1.29, 1.82) is 0 Å². The average Bonchev–Trinajstić information content (AvgIpc) is 3.06. The molecule has 4 rings (SSSR count). The topological polar surface area (TPSA) is 84.7 Å². The Bertz CT molecular complexity index is 1050. The summed E-state index contributed by atoms with van der Waals surface area (Å²) < 4.78 is 5.25. The molecule has 0 atom stereocenters. The van der Waals surface area contributed by atoms with Crippen LogP contribution in [0.1, 0.15) is 5.56 Å². The van der Waals surface area contributed by atoms with Gasteiger partial charge in [0.05, 0.1) is 11.1 Å². The molecule has 0 aliphatic heterocycles. The van der Waals surface area contributed by atoms with E-state index in [1.54, 1.807) is 30.6 Å². The van der Waals surface area contributed by atoms with Gasteiger partial charge in [-0.15, -0.1) is 0 Å². The van der Waals surface area contributed by atoms with Gasteiger partial charge < -0.3 is 9.51 Å². The minimum absolute atomic E-state index is 0.242. The highest BCUT2D eigenvalue weighted by molar-refractivity contribution is 5.84. The number of aryl methyl sites for hydroxylation is 1. The molecule has 0 unspecified atom stereocenters. The molecule has 0 bridgehead atoms. The number of fused-ring (bicyclic) bond motifs is 1. The molecule has 0 aliphatic carbocycles. The molecule has 0 aliphatic rings. The van der Waals surface area contributed by atoms with Crippen LogP contribution in [-0.2, 0) is 0 Å². The van der Waals surface area contributed by atoms with Crippen LogP contribution in [0.3, 0.4) is 0 Å². The van der Waals surface area contributed by atoms with E-state index in [0.717, 1.165) is 22.0 Å². The summed E-state index contributed by atoms with van der Waals surface area (Å²) in [5.74, 6) is 0.618. The molecule has 6 nitrogen and oxygen atoms in total. The maximum Gasteiger partial charge on any atom is 0.259 e. The number of rotatable bonds is 2. The van der Waals surface area contributed by atoms with E-state index in [2.05, 4.69) is 20.1 Å². The lowest BCUT2D eigenvalue weighted by atomic mass is 10.1. The van der Waals surface area contributed by atoms with Crippen LogP contribution >= 0.6 is 0 Å². The molecule has 0 saturated carbocycles. The summed E-state index contributed by atoms with van der Waals surface area (Å²) in [6, 6.07) is 11.1. The zero-order valence-corrected chi connectivity index (χ0v) is 12.3. The van der Waals surface area contributed by atoms with Crippen molar-refractivity contribution in [1.82, 2.24) is 20.1 Å². The predicted octanol–water partition coefficient (Wildman–Crippen LogP) is 2.95. The van der Waals surface area contributed by atoms with Gasteiger partial charge in [-0.1, -0.05) is 23.4 Å². The number of pyridine rings is 2. The summed E-state index contributed by atoms with van der Waals surface area (Å²) in [5, 5.41) is 4.85. The number of benzene rings is 1. The van der Waals surface area contributed by atoms with Gasteiger partial charge in [0.15, 0.2) is 0 Å². The second kappa shape index (κ2) is 5.17. The second-order valence-electron chi connectivity index (χ2n) is 5.21. The van der Waals surface area contributed by atoms with Crippen molar-refractivity contribution in [2.24, 2.45) is 0 Å². The van der Waals surface area contributed by atoms with Crippen molar-refractivity contribution < 1.29 is 4.52 Å². The first kappa shape index (κ1) is 13.4. The Morgan fingerprint density at radius 2 is 1.96 bits per heavy atom. The predicted molar refractivity (Wildman–Crippen MR) is 85.8 cm³/mol. The zero-order chi connectivity index (χ0) is 15.8. The van der Waals surface area contributed by atoms with E-state index in [9.17, 15) is 4.79 Å². The largest absolute Gasteiger partial charge is 0.334 e. The number of aromatic nitrogens is 4. The number of aromatic amines is 1. The molecule has 0 radical (unpaired) electrons. The SMILES string of the molecule is Cc1cccc2cc(-c3noc(-c4ccncc4)n3)c(=O)[nH]c12. The molecule has 4 aromatic rings. The first-order valence-electron chi connectivity index (χ1n) is 7.09. The van der Waals surface area contributed by atoms with Crippen LogP contribution in [0.15, 0.2) is 58.1 Å². The Hall–Kier alpha value is -3.28. The molecule has 112 valence electrons. The molecule has 1 N–H and O–H groups in total. The van der Waals surface area contributed by atoms with Crippen LogP contribution in [0.25, 0.3) is 33.7 Å². The minimum Gasteiger partial charge on any atom is -0.334 e. The fraction of sp³-hybridized carbons (Fsp3) is 0.0588. The molecular weight excluding hydrogens is 292 g/mol. The third-order valence-electron chi connectivity index (χ3n) is 3.68. The minimum atomic E-state index is -0.242. The molecule has 0 amide bonds. The number of nitrogens with one attached hydrogen (secondary N) is 1. The van der Waals surface area contributed by atoms with Gasteiger partial charge in [-0.05, 0) is 36.1 Å². The molecule has 0 saturated heterocycles. The molecular formula is C17H12N4O2. The fourth-order valence-corrected chi connectivity index (χ4v) is 2.49. The van der Waals surface area contributed by atoms with Crippen LogP contribution in [0.4, 0.5) is 0 Å². The van der Waals surface area contributed by atoms with Gasteiger partial charge in [0.25, 0.3) is 11.4 Å². The molecule has 23 heavy (non-hydrogen) atoms. The number of para-hydroxylation sites is 1. The normalized spacial score (nSPS) is 11.0. The van der Waals surface area contributed by atoms with Gasteiger partial charge in [0.1, 0.15) is 0 Å². The molecule has 1 aromatic carbocycles. The number of hydrogen-bond donors (Lipinski definition) is 1. The van der Waals surface area contributed by atoms with E-state index >= 15 is 0 Å². The zero-order valence-electron chi connectivity index (χ0n) is 12.3. The standard InChI is InChI=1S/C17H12N4O2/c1-10-3-2-4-12-9-13(16(22)19-14(10)12)15-20-17(23-21-15)11-5-7-18-8-6-11/h2-9H,1H3,(H,19,22). The summed E-state index contributed by atoms with van der Waals surface area (Å²) >= 11 is 0. The van der Waals surface area contributed by atoms with Crippen molar-refractivity contribution in [2.45, 2.75) is 6.92 Å². The third-order valence-corrected chi connectivity index (χ3v) is 3.68. The van der Waals surface area contributed by atoms with Crippen molar-refractivity contribution >= 4 is 10.9 Å². The Balaban J connectivity index is 1.85. The van der Waals surface area contributed by atoms with Crippen molar-refractivity contribution in [2.75, 3.05) is 0 Å². The number of hydrogen-bond acceptors (Lipinski definition) is 5. The molecule has 3 heterocycles. The molecule has 6 heteroatoms. The summed E-state index contributed by atoms with van der Waals surface area (Å²) in [4.78, 5) is 23.5. The Morgan fingerprint density at radius 1 is 1.13 bits per heavy atom. The summed E-state index contributed by atoms with van der Waals surface area (Å²) in [5.41, 5.74) is 2.73. The van der Waals surface area contributed by atoms with E-state index in [4.69, 9.17) is 4.52 Å². The van der Waals surface area contributed by atoms with E-state index < -0.39 is 0 Å². The van der Waals surface area contributed by atoms with Gasteiger partial charge in [-0.25, -0.2) is 0 Å². The third kappa shape index (κ3) is 2.30. The summed E-state index contributed by atoms with van der Waals surface area (Å²) in [6.45, 7) is 1.95. The van der Waals surface area contributed by atoms with Crippen molar-refractivity contribution in [3.05, 3.63) is 64.7 Å². The van der Waals surface area contributed by atoms with Crippen LogP contribution in [-0.4, -0.2) is 20.1 Å². The van der Waals surface area contributed by atoms with Gasteiger partial charge >= 0.3 is 0 Å². The van der Waals surface area contributed by atoms with Crippen LogP contribution in [0, 0.1) is 6.92 Å². The van der Waals surface area contributed by atoms with Gasteiger partial charge in [0.2, 0.25) is 5.82 Å². The average molecular weight is 304 g/mol. The Kier molecular flexibility index (Phi) is 3.01. The van der Waals surface area contributed by atoms with E-state index in [1.165, 1.54) is 0 Å². The quantitative estimate of drug-likeness (QED) is 0.615. The summed E-state index contributed by atoms with van der Waals surface area (Å²) in [6.07, 6.45) is 3.29. The molecule has 0 spiro atoms. The first-order valence-corrected chi connectivity index (χ1v) is 7.09. The fourth-order valence-electron chi connectivity index (χ4n) is 2.49. The molecule has 3 aromatic heterocycles. The lowest BCUT2D eigenvalue weighted by molar-refractivity contribution is 0.432. The van der Waals surface area contributed by atoms with E-state index in [-0.39, 0.29) is 11.4 Å². The highest BCUT2D eigenvalue weighted by Gasteiger charge is 2.14. The van der Waals surface area contributed by atoms with Crippen molar-refractivity contribution in [3.63, 3.8) is 0 Å². The van der Waals surface area contributed by atoms with E-state index in [1.807, 2.05) is 25.1 Å². The lowest BCUT2D eigenvalue weighted by Crippen LogP contribution is -2.10. The second-order valence-corrected chi connectivity index (χ2v) is 5.21. The van der Waals surface area contributed by atoms with Crippen LogP contribution < -0.4 is 5.56 Å². The lowest BCUT2D eigenvalue weighted by Gasteiger charge is -2.02. The van der Waals surface area contributed by atoms with Gasteiger partial charge in [-0.2, -0.15) is 4.98 Å². The highest BCUT2D eigenvalue weighted by Crippen LogP contribution is 2.22. The molecule has 0 fully saturated rings. The smallest absolute Gasteiger partial charge is 0.259 e. The van der Waals surface area contributed by atoms with E-state index in [0.29, 0.717) is 11.5 Å². The number of H-pyrrole nitrogens is 1. The highest BCUT2D eigenvalue weighted by atomic mass is 16.5. The van der Waals surface area contributed by atoms with Gasteiger partial charge in [0, 0.05) is 18.0 Å². The number of nitrogens with zero attached hydrogens (tertiary/aromatic N) is 3. The maximum atomic E-state index is 12.3. The van der Waals surface area contributed by atoms with Crippen LogP contribution in [0.5, 0.6) is 0 Å². The maximum absolute atomic E-state index is 12.3. The Morgan fingerprint density at radius 3 is 2.78 bits per heavy atom. The van der Waals surface area contributed by atoms with Crippen molar-refractivity contribution in [3.8, 4) is 22.8 Å². The Labute approximate surface area is 130 Å². The monoisotopic (exact) mass is 304 g/mol. The van der Waals surface area contributed by atoms with Gasteiger partial charge in [-0.3, -0.25) is 9.78 Å². The van der Waals surface area contributed by atoms with Crippen LogP contribution in [0.2, 0.25) is 0 Å².